The first-order chi connectivity index (χ1) is 9.38. The summed E-state index contributed by atoms with van der Waals surface area (Å²) in [6.07, 6.45) is 0. The number of halogens is 2. The van der Waals surface area contributed by atoms with Crippen LogP contribution in [0.25, 0.3) is 0 Å². The van der Waals surface area contributed by atoms with E-state index in [2.05, 4.69) is 41.8 Å². The number of Topliss-reactive ketones (excluding diaryl/α,β-unsaturated/α-hetero) is 1. The van der Waals surface area contributed by atoms with Gasteiger partial charge in [-0.1, -0.05) is 11.8 Å². The summed E-state index contributed by atoms with van der Waals surface area (Å²) in [6.45, 7) is 5.93. The molecule has 7 heteroatoms. The topological polar surface area (TPSA) is 42.9 Å². The zero-order valence-electron chi connectivity index (χ0n) is 11.2. The number of carbonyl (C=O) groups excluding carboxylic acids is 1. The van der Waals surface area contributed by atoms with Crippen molar-refractivity contribution in [2.24, 2.45) is 0 Å². The summed E-state index contributed by atoms with van der Waals surface area (Å²) in [5.41, 5.74) is 3.74. The molecular weight excluding hydrogens is 424 g/mol. The van der Waals surface area contributed by atoms with Crippen LogP contribution in [0.15, 0.2) is 18.8 Å². The lowest BCUT2D eigenvalue weighted by Crippen LogP contribution is -2.04. The Morgan fingerprint density at radius 3 is 2.35 bits per heavy atom. The van der Waals surface area contributed by atoms with Crippen molar-refractivity contribution in [1.82, 2.24) is 9.97 Å². The molecule has 0 unspecified atom stereocenters. The van der Waals surface area contributed by atoms with E-state index in [0.29, 0.717) is 16.5 Å². The third-order valence-electron chi connectivity index (χ3n) is 2.90. The summed E-state index contributed by atoms with van der Waals surface area (Å²) in [6, 6.07) is 1.84. The van der Waals surface area contributed by atoms with Crippen molar-refractivity contribution in [1.29, 1.82) is 0 Å². The van der Waals surface area contributed by atoms with Crippen molar-refractivity contribution < 1.29 is 4.79 Å². The number of ketones is 1. The van der Waals surface area contributed by atoms with Crippen LogP contribution in [0.5, 0.6) is 0 Å². The number of hydrogen-bond acceptors (Lipinski definition) is 5. The van der Waals surface area contributed by atoms with Crippen LogP contribution >= 0.6 is 55.0 Å². The second-order valence-corrected chi connectivity index (χ2v) is 8.94. The predicted molar refractivity (Wildman–Crippen MR) is 91.0 cm³/mol. The molecule has 20 heavy (non-hydrogen) atoms. The highest BCUT2D eigenvalue weighted by Crippen LogP contribution is 2.33. The van der Waals surface area contributed by atoms with Gasteiger partial charge in [-0.25, -0.2) is 9.97 Å². The standard InChI is InChI=1S/C13H12Br2N2OS2/c1-6-7(2)16-13(17-8(6)3)19-5-10(18)9-4-11(14)20-12(9)15/h4H,5H2,1-3H3. The average Bonchev–Trinajstić information content (AvgIpc) is 2.72. The van der Waals surface area contributed by atoms with E-state index >= 15 is 0 Å². The second kappa shape index (κ2) is 6.68. The van der Waals surface area contributed by atoms with Gasteiger partial charge < -0.3 is 0 Å². The van der Waals surface area contributed by atoms with Crippen molar-refractivity contribution >= 4 is 60.7 Å². The first kappa shape index (κ1) is 16.1. The number of thioether (sulfide) groups is 1. The minimum atomic E-state index is 0.0725. The number of carbonyl (C=O) groups is 1. The molecule has 0 amide bonds. The fraction of sp³-hybridized carbons (Fsp3) is 0.308. The van der Waals surface area contributed by atoms with Crippen molar-refractivity contribution in [3.05, 3.63) is 36.2 Å². The van der Waals surface area contributed by atoms with E-state index < -0.39 is 0 Å². The van der Waals surface area contributed by atoms with Gasteiger partial charge in [0.05, 0.1) is 13.3 Å². The molecule has 0 saturated carbocycles. The average molecular weight is 436 g/mol. The van der Waals surface area contributed by atoms with Crippen molar-refractivity contribution in [3.63, 3.8) is 0 Å². The monoisotopic (exact) mass is 434 g/mol. The Labute approximate surface area is 142 Å². The van der Waals surface area contributed by atoms with E-state index in [1.165, 1.54) is 23.1 Å². The van der Waals surface area contributed by atoms with E-state index in [1.807, 2.05) is 26.8 Å². The molecular formula is C13H12Br2N2OS2. The Hall–Kier alpha value is -0.240. The molecule has 2 aromatic heterocycles. The first-order valence-electron chi connectivity index (χ1n) is 5.81. The number of nitrogens with zero attached hydrogens (tertiary/aromatic N) is 2. The number of aromatic nitrogens is 2. The quantitative estimate of drug-likeness (QED) is 0.386. The number of aryl methyl sites for hydroxylation is 2. The van der Waals surface area contributed by atoms with Crippen molar-refractivity contribution in [2.45, 2.75) is 25.9 Å². The largest absolute Gasteiger partial charge is 0.293 e. The molecule has 0 saturated heterocycles. The lowest BCUT2D eigenvalue weighted by atomic mass is 10.2. The minimum Gasteiger partial charge on any atom is -0.293 e. The molecule has 3 nitrogen and oxygen atoms in total. The third kappa shape index (κ3) is 3.69. The summed E-state index contributed by atoms with van der Waals surface area (Å²) < 4.78 is 1.79. The zero-order valence-corrected chi connectivity index (χ0v) is 16.0. The van der Waals surface area contributed by atoms with Gasteiger partial charge >= 0.3 is 0 Å². The predicted octanol–water partition coefficient (Wildman–Crippen LogP) is 4.96. The molecule has 2 heterocycles. The summed E-state index contributed by atoms with van der Waals surface area (Å²) in [5, 5.41) is 0.657. The van der Waals surface area contributed by atoms with Crippen LogP contribution < -0.4 is 0 Å². The van der Waals surface area contributed by atoms with Gasteiger partial charge in [-0.05, 0) is 64.3 Å². The number of thiophene rings is 1. The molecule has 0 fully saturated rings. The van der Waals surface area contributed by atoms with Gasteiger partial charge in [0.15, 0.2) is 10.9 Å². The van der Waals surface area contributed by atoms with Crippen LogP contribution in [0.1, 0.15) is 27.3 Å². The highest BCUT2D eigenvalue weighted by molar-refractivity contribution is 9.12. The summed E-state index contributed by atoms with van der Waals surface area (Å²) in [7, 11) is 0. The molecule has 0 atom stereocenters. The van der Waals surface area contributed by atoms with Gasteiger partial charge in [-0.2, -0.15) is 0 Å². The summed E-state index contributed by atoms with van der Waals surface area (Å²) in [5.74, 6) is 0.410. The molecule has 0 aliphatic rings. The van der Waals surface area contributed by atoms with E-state index in [-0.39, 0.29) is 5.78 Å². The van der Waals surface area contributed by atoms with E-state index in [4.69, 9.17) is 0 Å². The Morgan fingerprint density at radius 1 is 1.25 bits per heavy atom. The van der Waals surface area contributed by atoms with Gasteiger partial charge in [0.2, 0.25) is 0 Å². The van der Waals surface area contributed by atoms with Crippen LogP contribution in [0.2, 0.25) is 0 Å². The normalized spacial score (nSPS) is 10.8. The van der Waals surface area contributed by atoms with E-state index in [0.717, 1.165) is 24.5 Å². The van der Waals surface area contributed by atoms with Gasteiger partial charge in [-0.3, -0.25) is 4.79 Å². The van der Waals surface area contributed by atoms with Crippen LogP contribution in [0, 0.1) is 20.8 Å². The highest BCUT2D eigenvalue weighted by Gasteiger charge is 2.15. The van der Waals surface area contributed by atoms with Crippen molar-refractivity contribution in [2.75, 3.05) is 5.75 Å². The van der Waals surface area contributed by atoms with Gasteiger partial charge in [0.25, 0.3) is 0 Å². The summed E-state index contributed by atoms with van der Waals surface area (Å²) in [4.78, 5) is 21.0. The van der Waals surface area contributed by atoms with Gasteiger partial charge in [-0.15, -0.1) is 11.3 Å². The molecule has 0 N–H and O–H groups in total. The van der Waals surface area contributed by atoms with E-state index in [1.54, 1.807) is 0 Å². The smallest absolute Gasteiger partial charge is 0.188 e. The molecule has 0 aromatic carbocycles. The maximum absolute atomic E-state index is 12.2. The van der Waals surface area contributed by atoms with Crippen molar-refractivity contribution in [3.8, 4) is 0 Å². The fourth-order valence-electron chi connectivity index (χ4n) is 1.54. The van der Waals surface area contributed by atoms with Crippen LogP contribution in [-0.2, 0) is 0 Å². The lowest BCUT2D eigenvalue weighted by Gasteiger charge is -2.06. The second-order valence-electron chi connectivity index (χ2n) is 4.25. The van der Waals surface area contributed by atoms with Crippen LogP contribution in [0.3, 0.4) is 0 Å². The highest BCUT2D eigenvalue weighted by atomic mass is 79.9. The molecule has 0 spiro atoms. The first-order valence-corrected chi connectivity index (χ1v) is 9.20. The van der Waals surface area contributed by atoms with E-state index in [9.17, 15) is 4.79 Å². The Kier molecular flexibility index (Phi) is 5.39. The zero-order chi connectivity index (χ0) is 14.9. The fourth-order valence-corrected chi connectivity index (χ4v) is 5.22. The SMILES string of the molecule is Cc1nc(SCC(=O)c2cc(Br)sc2Br)nc(C)c1C. The molecule has 0 bridgehead atoms. The molecule has 2 aromatic rings. The Bertz CT molecular complexity index is 647. The maximum Gasteiger partial charge on any atom is 0.188 e. The number of hydrogen-bond donors (Lipinski definition) is 0. The number of rotatable bonds is 4. The minimum absolute atomic E-state index is 0.0725. The Morgan fingerprint density at radius 2 is 1.85 bits per heavy atom. The van der Waals surface area contributed by atoms with Gasteiger partial charge in [0.1, 0.15) is 0 Å². The van der Waals surface area contributed by atoms with Gasteiger partial charge in [0, 0.05) is 17.0 Å². The van der Waals surface area contributed by atoms with Crippen LogP contribution in [0.4, 0.5) is 0 Å². The molecule has 0 radical (unpaired) electrons. The lowest BCUT2D eigenvalue weighted by molar-refractivity contribution is 0.102. The molecule has 0 aliphatic carbocycles. The maximum atomic E-state index is 12.2. The Balaban J connectivity index is 2.09. The molecule has 0 aliphatic heterocycles. The summed E-state index contributed by atoms with van der Waals surface area (Å²) >= 11 is 9.66. The molecule has 106 valence electrons. The van der Waals surface area contributed by atoms with Crippen LogP contribution in [-0.4, -0.2) is 21.5 Å². The molecule has 2 rings (SSSR count). The third-order valence-corrected chi connectivity index (χ3v) is 6.09.